The quantitative estimate of drug-likeness (QED) is 0.764. The maximum atomic E-state index is 12.4. The zero-order valence-electron chi connectivity index (χ0n) is 14.0. The Morgan fingerprint density at radius 2 is 1.71 bits per heavy atom. The number of rotatable bonds is 2. The zero-order valence-corrected chi connectivity index (χ0v) is 14.0. The maximum Gasteiger partial charge on any atom is 0.411 e. The van der Waals surface area contributed by atoms with Gasteiger partial charge in [0.2, 0.25) is 0 Å². The number of nitrogens with one attached hydrogen (secondary N) is 1. The van der Waals surface area contributed by atoms with Crippen LogP contribution in [0.2, 0.25) is 0 Å². The number of carbonyl (C=O) groups is 1. The molecule has 24 heavy (non-hydrogen) atoms. The van der Waals surface area contributed by atoms with Crippen LogP contribution in [0.15, 0.2) is 42.5 Å². The highest BCUT2D eigenvalue weighted by Crippen LogP contribution is 2.41. The van der Waals surface area contributed by atoms with E-state index in [1.165, 1.54) is 32.1 Å². The summed E-state index contributed by atoms with van der Waals surface area (Å²) in [5.74, 6) is 1.64. The number of anilines is 1. The van der Waals surface area contributed by atoms with Crippen molar-refractivity contribution in [2.45, 2.75) is 51.0 Å². The van der Waals surface area contributed by atoms with Crippen molar-refractivity contribution in [3.63, 3.8) is 0 Å². The SMILES string of the molecule is O=C(Nc1cccc2ccccc12)O[C@@H]1CC[C@@H]2CCCC[C@@H]2C1. The smallest absolute Gasteiger partial charge is 0.411 e. The summed E-state index contributed by atoms with van der Waals surface area (Å²) < 4.78 is 5.74. The van der Waals surface area contributed by atoms with Crippen molar-refractivity contribution in [2.75, 3.05) is 5.32 Å². The molecule has 0 spiro atoms. The first-order valence-corrected chi connectivity index (χ1v) is 9.25. The van der Waals surface area contributed by atoms with E-state index in [-0.39, 0.29) is 12.2 Å². The van der Waals surface area contributed by atoms with Gasteiger partial charge in [0.05, 0.1) is 5.69 Å². The normalized spacial score (nSPS) is 26.6. The van der Waals surface area contributed by atoms with Gasteiger partial charge in [-0.15, -0.1) is 0 Å². The molecule has 0 aliphatic heterocycles. The van der Waals surface area contributed by atoms with Crippen molar-refractivity contribution in [1.82, 2.24) is 0 Å². The van der Waals surface area contributed by atoms with Crippen LogP contribution in [0.1, 0.15) is 44.9 Å². The van der Waals surface area contributed by atoms with Gasteiger partial charge in [-0.05, 0) is 42.6 Å². The maximum absolute atomic E-state index is 12.4. The number of carbonyl (C=O) groups excluding carboxylic acids is 1. The van der Waals surface area contributed by atoms with Gasteiger partial charge in [-0.25, -0.2) is 4.79 Å². The van der Waals surface area contributed by atoms with Crippen molar-refractivity contribution >= 4 is 22.6 Å². The highest BCUT2D eigenvalue weighted by Gasteiger charge is 2.33. The summed E-state index contributed by atoms with van der Waals surface area (Å²) >= 11 is 0. The highest BCUT2D eigenvalue weighted by atomic mass is 16.6. The van der Waals surface area contributed by atoms with E-state index in [1.807, 2.05) is 30.3 Å². The van der Waals surface area contributed by atoms with E-state index >= 15 is 0 Å². The van der Waals surface area contributed by atoms with Gasteiger partial charge in [0.25, 0.3) is 0 Å². The van der Waals surface area contributed by atoms with E-state index < -0.39 is 0 Å². The van der Waals surface area contributed by atoms with Crippen LogP contribution >= 0.6 is 0 Å². The van der Waals surface area contributed by atoms with E-state index in [4.69, 9.17) is 4.74 Å². The Labute approximate surface area is 143 Å². The lowest BCUT2D eigenvalue weighted by molar-refractivity contribution is 0.0339. The predicted molar refractivity (Wildman–Crippen MR) is 97.1 cm³/mol. The molecule has 0 saturated heterocycles. The summed E-state index contributed by atoms with van der Waals surface area (Å²) in [6.07, 6.45) is 8.47. The van der Waals surface area contributed by atoms with Crippen molar-refractivity contribution in [3.05, 3.63) is 42.5 Å². The Hall–Kier alpha value is -2.03. The average Bonchev–Trinajstić information content (AvgIpc) is 2.62. The van der Waals surface area contributed by atoms with Crippen LogP contribution in [-0.2, 0) is 4.74 Å². The second-order valence-electron chi connectivity index (χ2n) is 7.30. The third kappa shape index (κ3) is 3.26. The molecule has 126 valence electrons. The predicted octanol–water partition coefficient (Wildman–Crippen LogP) is 5.75. The van der Waals surface area contributed by atoms with Gasteiger partial charge in [-0.2, -0.15) is 0 Å². The largest absolute Gasteiger partial charge is 0.446 e. The molecule has 2 aromatic carbocycles. The third-order valence-electron chi connectivity index (χ3n) is 5.79. The third-order valence-corrected chi connectivity index (χ3v) is 5.79. The molecule has 0 aromatic heterocycles. The lowest BCUT2D eigenvalue weighted by atomic mass is 9.70. The van der Waals surface area contributed by atoms with E-state index in [9.17, 15) is 4.79 Å². The van der Waals surface area contributed by atoms with Gasteiger partial charge >= 0.3 is 6.09 Å². The van der Waals surface area contributed by atoms with Gasteiger partial charge in [0.15, 0.2) is 0 Å². The molecule has 0 unspecified atom stereocenters. The summed E-state index contributed by atoms with van der Waals surface area (Å²) in [7, 11) is 0. The Morgan fingerprint density at radius 3 is 2.62 bits per heavy atom. The van der Waals surface area contributed by atoms with Gasteiger partial charge in [-0.1, -0.05) is 62.1 Å². The average molecular weight is 323 g/mol. The molecular formula is C21H25NO2. The number of benzene rings is 2. The minimum Gasteiger partial charge on any atom is -0.446 e. The number of ether oxygens (including phenoxy) is 1. The summed E-state index contributed by atoms with van der Waals surface area (Å²) in [5.41, 5.74) is 0.824. The van der Waals surface area contributed by atoms with Gasteiger partial charge in [0.1, 0.15) is 6.10 Å². The minimum atomic E-state index is -0.314. The van der Waals surface area contributed by atoms with Crippen LogP contribution in [0.4, 0.5) is 10.5 Å². The Balaban J connectivity index is 1.39. The molecule has 2 aromatic rings. The molecule has 3 nitrogen and oxygen atoms in total. The fourth-order valence-electron chi connectivity index (χ4n) is 4.56. The first-order valence-electron chi connectivity index (χ1n) is 9.25. The van der Waals surface area contributed by atoms with Gasteiger partial charge in [0, 0.05) is 5.39 Å². The molecule has 3 atom stereocenters. The van der Waals surface area contributed by atoms with Crippen LogP contribution in [0, 0.1) is 11.8 Å². The Kier molecular flexibility index (Phi) is 4.42. The number of amides is 1. The van der Waals surface area contributed by atoms with Crippen LogP contribution in [0.25, 0.3) is 10.8 Å². The molecule has 0 heterocycles. The molecular weight excluding hydrogens is 298 g/mol. The summed E-state index contributed by atoms with van der Waals surface area (Å²) in [5, 5.41) is 5.12. The molecule has 2 saturated carbocycles. The standard InChI is InChI=1S/C21H25NO2/c23-21(22-20-11-5-9-16-7-3-4-10-19(16)20)24-18-13-12-15-6-1-2-8-17(15)14-18/h3-5,7,9-11,15,17-18H,1-2,6,8,12-14H2,(H,22,23)/t15-,17+,18+/m0/s1. The molecule has 0 bridgehead atoms. The molecule has 2 aliphatic rings. The van der Waals surface area contributed by atoms with Crippen LogP contribution in [0.3, 0.4) is 0 Å². The Bertz CT molecular complexity index is 721. The van der Waals surface area contributed by atoms with Crippen molar-refractivity contribution in [2.24, 2.45) is 11.8 Å². The van der Waals surface area contributed by atoms with E-state index in [2.05, 4.69) is 17.4 Å². The van der Waals surface area contributed by atoms with Crippen LogP contribution in [0.5, 0.6) is 0 Å². The summed E-state index contributed by atoms with van der Waals surface area (Å²) in [6, 6.07) is 14.0. The molecule has 2 aliphatic carbocycles. The second-order valence-corrected chi connectivity index (χ2v) is 7.30. The topological polar surface area (TPSA) is 38.3 Å². The number of hydrogen-bond acceptors (Lipinski definition) is 2. The van der Waals surface area contributed by atoms with Gasteiger partial charge in [-0.3, -0.25) is 5.32 Å². The minimum absolute atomic E-state index is 0.0827. The lowest BCUT2D eigenvalue weighted by Crippen LogP contribution is -2.34. The summed E-state index contributed by atoms with van der Waals surface area (Å²) in [6.45, 7) is 0. The van der Waals surface area contributed by atoms with E-state index in [0.717, 1.165) is 41.1 Å². The Morgan fingerprint density at radius 1 is 0.917 bits per heavy atom. The first kappa shape index (κ1) is 15.5. The fraction of sp³-hybridized carbons (Fsp3) is 0.476. The molecule has 4 rings (SSSR count). The van der Waals surface area contributed by atoms with Crippen molar-refractivity contribution < 1.29 is 9.53 Å². The van der Waals surface area contributed by atoms with E-state index in [0.29, 0.717) is 0 Å². The number of fused-ring (bicyclic) bond motifs is 2. The number of hydrogen-bond donors (Lipinski definition) is 1. The highest BCUT2D eigenvalue weighted by molar-refractivity contribution is 6.00. The molecule has 1 N–H and O–H groups in total. The molecule has 0 radical (unpaired) electrons. The van der Waals surface area contributed by atoms with Crippen LogP contribution < -0.4 is 5.32 Å². The fourth-order valence-corrected chi connectivity index (χ4v) is 4.56. The van der Waals surface area contributed by atoms with Crippen LogP contribution in [-0.4, -0.2) is 12.2 Å². The lowest BCUT2D eigenvalue weighted by Gasteiger charge is -2.38. The van der Waals surface area contributed by atoms with E-state index in [1.54, 1.807) is 0 Å². The van der Waals surface area contributed by atoms with Crippen molar-refractivity contribution in [3.8, 4) is 0 Å². The second kappa shape index (κ2) is 6.84. The zero-order chi connectivity index (χ0) is 16.4. The monoisotopic (exact) mass is 323 g/mol. The molecule has 3 heteroatoms. The molecule has 2 fully saturated rings. The van der Waals surface area contributed by atoms with Crippen molar-refractivity contribution in [1.29, 1.82) is 0 Å². The van der Waals surface area contributed by atoms with Gasteiger partial charge < -0.3 is 4.74 Å². The molecule has 1 amide bonds. The summed E-state index contributed by atoms with van der Waals surface area (Å²) in [4.78, 5) is 12.4. The first-order chi connectivity index (χ1) is 11.8.